The van der Waals surface area contributed by atoms with Crippen LogP contribution >= 0.6 is 0 Å². The lowest BCUT2D eigenvalue weighted by atomic mass is 9.80. The van der Waals surface area contributed by atoms with E-state index in [-0.39, 0.29) is 23.2 Å². The first-order valence-corrected chi connectivity index (χ1v) is 13.3. The Bertz CT molecular complexity index is 1110. The lowest BCUT2D eigenvalue weighted by Crippen LogP contribution is -2.47. The molecule has 1 amide bonds. The number of fused-ring (bicyclic) bond motifs is 1. The van der Waals surface area contributed by atoms with Gasteiger partial charge in [0.15, 0.2) is 23.0 Å². The SMILES string of the molecule is CCS(=O)(=O)ONC(=O)C1CCC(CCN2CCN(c3noc4cc(F)c(F)cc34)CC2)CC1. The van der Waals surface area contributed by atoms with Crippen molar-refractivity contribution in [2.45, 2.75) is 39.0 Å². The molecule has 1 saturated heterocycles. The fourth-order valence-electron chi connectivity index (χ4n) is 4.66. The van der Waals surface area contributed by atoms with Crippen molar-refractivity contribution in [3.63, 3.8) is 0 Å². The minimum absolute atomic E-state index is 0.192. The second kappa shape index (κ2) is 10.5. The van der Waals surface area contributed by atoms with Gasteiger partial charge in [0, 0.05) is 38.2 Å². The molecule has 1 aromatic carbocycles. The molecule has 1 saturated carbocycles. The minimum atomic E-state index is -3.70. The van der Waals surface area contributed by atoms with E-state index in [1.165, 1.54) is 6.92 Å². The van der Waals surface area contributed by atoms with E-state index in [1.54, 1.807) is 0 Å². The summed E-state index contributed by atoms with van der Waals surface area (Å²) in [4.78, 5) is 16.6. The summed E-state index contributed by atoms with van der Waals surface area (Å²) in [6.07, 6.45) is 4.32. The Hall–Kier alpha value is -2.31. The fraction of sp³-hybridized carbons (Fsp3) is 0.636. The van der Waals surface area contributed by atoms with Gasteiger partial charge in [0.25, 0.3) is 10.1 Å². The van der Waals surface area contributed by atoms with Crippen molar-refractivity contribution >= 4 is 32.8 Å². The number of aromatic nitrogens is 1. The zero-order valence-electron chi connectivity index (χ0n) is 19.1. The highest BCUT2D eigenvalue weighted by atomic mass is 32.2. The van der Waals surface area contributed by atoms with Gasteiger partial charge in [0.05, 0.1) is 11.1 Å². The Morgan fingerprint density at radius 1 is 1.15 bits per heavy atom. The third-order valence-corrected chi connectivity index (χ3v) is 7.90. The molecule has 2 aliphatic rings. The Kier molecular flexibility index (Phi) is 7.68. The highest BCUT2D eigenvalue weighted by Crippen LogP contribution is 2.32. The molecule has 2 fully saturated rings. The molecule has 1 aliphatic carbocycles. The Labute approximate surface area is 197 Å². The van der Waals surface area contributed by atoms with Crippen molar-refractivity contribution in [1.82, 2.24) is 15.5 Å². The van der Waals surface area contributed by atoms with E-state index >= 15 is 0 Å². The van der Waals surface area contributed by atoms with Crippen LogP contribution in [-0.2, 0) is 19.2 Å². The molecule has 34 heavy (non-hydrogen) atoms. The number of hydroxylamine groups is 1. The van der Waals surface area contributed by atoms with Crippen LogP contribution in [0.1, 0.15) is 39.0 Å². The zero-order valence-corrected chi connectivity index (χ0v) is 20.0. The van der Waals surface area contributed by atoms with Crippen LogP contribution in [0.15, 0.2) is 16.7 Å². The minimum Gasteiger partial charge on any atom is -0.354 e. The number of anilines is 1. The van der Waals surface area contributed by atoms with Crippen molar-refractivity contribution in [3.05, 3.63) is 23.8 Å². The monoisotopic (exact) mass is 500 g/mol. The molecule has 0 radical (unpaired) electrons. The summed E-state index contributed by atoms with van der Waals surface area (Å²) in [6, 6.07) is 2.16. The smallest absolute Gasteiger partial charge is 0.287 e. The number of halogens is 2. The quantitative estimate of drug-likeness (QED) is 0.552. The second-order valence-corrected chi connectivity index (χ2v) is 10.9. The van der Waals surface area contributed by atoms with Crippen LogP contribution in [0.2, 0.25) is 0 Å². The Morgan fingerprint density at radius 3 is 2.50 bits per heavy atom. The molecule has 1 N–H and O–H groups in total. The third-order valence-electron chi connectivity index (χ3n) is 6.86. The van der Waals surface area contributed by atoms with E-state index in [4.69, 9.17) is 4.52 Å². The number of benzene rings is 1. The lowest BCUT2D eigenvalue weighted by Gasteiger charge is -2.36. The Morgan fingerprint density at radius 2 is 1.82 bits per heavy atom. The van der Waals surface area contributed by atoms with Crippen LogP contribution in [0, 0.1) is 23.5 Å². The molecule has 9 nitrogen and oxygen atoms in total. The highest BCUT2D eigenvalue weighted by molar-refractivity contribution is 7.86. The van der Waals surface area contributed by atoms with Crippen molar-refractivity contribution in [1.29, 1.82) is 0 Å². The van der Waals surface area contributed by atoms with Gasteiger partial charge in [-0.1, -0.05) is 5.16 Å². The molecule has 2 heterocycles. The summed E-state index contributed by atoms with van der Waals surface area (Å²) in [7, 11) is -3.70. The van der Waals surface area contributed by atoms with Gasteiger partial charge in [-0.05, 0) is 57.6 Å². The summed E-state index contributed by atoms with van der Waals surface area (Å²) in [5.41, 5.74) is 2.32. The van der Waals surface area contributed by atoms with Crippen LogP contribution in [0.25, 0.3) is 11.0 Å². The number of nitrogens with zero attached hydrogens (tertiary/aromatic N) is 3. The van der Waals surface area contributed by atoms with Gasteiger partial charge in [-0.2, -0.15) is 8.42 Å². The summed E-state index contributed by atoms with van der Waals surface area (Å²) >= 11 is 0. The molecular weight excluding hydrogens is 470 g/mol. The molecule has 2 aromatic rings. The first kappa shape index (κ1) is 24.8. The number of carbonyl (C=O) groups is 1. The molecule has 1 aromatic heterocycles. The van der Waals surface area contributed by atoms with Gasteiger partial charge in [0.1, 0.15) is 0 Å². The van der Waals surface area contributed by atoms with E-state index < -0.39 is 21.8 Å². The number of carbonyl (C=O) groups excluding carboxylic acids is 1. The average molecular weight is 501 g/mol. The molecule has 0 bridgehead atoms. The van der Waals surface area contributed by atoms with Crippen molar-refractivity contribution in [2.24, 2.45) is 11.8 Å². The van der Waals surface area contributed by atoms with Crippen LogP contribution in [0.3, 0.4) is 0 Å². The van der Waals surface area contributed by atoms with Gasteiger partial charge in [0.2, 0.25) is 5.91 Å². The third kappa shape index (κ3) is 5.84. The predicted molar refractivity (Wildman–Crippen MR) is 121 cm³/mol. The maximum Gasteiger partial charge on any atom is 0.287 e. The number of rotatable bonds is 8. The molecule has 0 atom stereocenters. The standard InChI is InChI=1S/C22H30F2N4O5S/c1-2-34(30,31)33-26-22(29)16-5-3-15(4-6-16)7-8-27-9-11-28(12-10-27)21-17-13-18(23)19(24)14-20(17)32-25-21/h13-16H,2-12H2,1H3,(H,26,29). The van der Waals surface area contributed by atoms with Crippen LogP contribution < -0.4 is 10.4 Å². The molecule has 188 valence electrons. The topological polar surface area (TPSA) is 105 Å². The summed E-state index contributed by atoms with van der Waals surface area (Å²) in [6.45, 7) is 5.50. The van der Waals surface area contributed by atoms with E-state index in [0.717, 1.165) is 63.9 Å². The maximum atomic E-state index is 13.7. The van der Waals surface area contributed by atoms with Gasteiger partial charge in [-0.15, -0.1) is 4.28 Å². The lowest BCUT2D eigenvalue weighted by molar-refractivity contribution is -0.132. The molecule has 0 unspecified atom stereocenters. The van der Waals surface area contributed by atoms with Gasteiger partial charge in [-0.3, -0.25) is 9.69 Å². The number of nitrogens with one attached hydrogen (secondary N) is 1. The number of piperazine rings is 1. The van der Waals surface area contributed by atoms with Crippen molar-refractivity contribution in [3.8, 4) is 0 Å². The van der Waals surface area contributed by atoms with Crippen LogP contribution in [-0.4, -0.2) is 62.9 Å². The zero-order chi connectivity index (χ0) is 24.3. The second-order valence-electron chi connectivity index (χ2n) is 9.00. The fourth-order valence-corrected chi connectivity index (χ4v) is 4.98. The average Bonchev–Trinajstić information content (AvgIpc) is 3.24. The molecular formula is C22H30F2N4O5S. The maximum absolute atomic E-state index is 13.7. The van der Waals surface area contributed by atoms with Crippen molar-refractivity contribution in [2.75, 3.05) is 43.4 Å². The van der Waals surface area contributed by atoms with E-state index in [0.29, 0.717) is 30.2 Å². The van der Waals surface area contributed by atoms with E-state index in [9.17, 15) is 22.0 Å². The largest absolute Gasteiger partial charge is 0.354 e. The van der Waals surface area contributed by atoms with Gasteiger partial charge >= 0.3 is 0 Å². The van der Waals surface area contributed by atoms with Crippen LogP contribution in [0.5, 0.6) is 0 Å². The normalized spacial score (nSPS) is 22.3. The molecule has 0 spiro atoms. The van der Waals surface area contributed by atoms with Crippen molar-refractivity contribution < 1.29 is 30.8 Å². The Balaban J connectivity index is 1.18. The number of hydrogen-bond acceptors (Lipinski definition) is 8. The van der Waals surface area contributed by atoms with Gasteiger partial charge < -0.3 is 9.42 Å². The summed E-state index contributed by atoms with van der Waals surface area (Å²) in [5, 5.41) is 4.50. The van der Waals surface area contributed by atoms with E-state index in [2.05, 4.69) is 19.8 Å². The van der Waals surface area contributed by atoms with Gasteiger partial charge in [-0.25, -0.2) is 14.3 Å². The molecule has 1 aliphatic heterocycles. The highest BCUT2D eigenvalue weighted by Gasteiger charge is 2.28. The summed E-state index contributed by atoms with van der Waals surface area (Å²) < 4.78 is 59.5. The first-order valence-electron chi connectivity index (χ1n) is 11.7. The predicted octanol–water partition coefficient (Wildman–Crippen LogP) is 2.82. The molecule has 12 heteroatoms. The summed E-state index contributed by atoms with van der Waals surface area (Å²) in [5.74, 6) is -1.58. The van der Waals surface area contributed by atoms with E-state index in [1.807, 2.05) is 4.90 Å². The number of amides is 1. The molecule has 4 rings (SSSR count). The first-order chi connectivity index (χ1) is 16.3. The number of hydrogen-bond donors (Lipinski definition) is 1. The van der Waals surface area contributed by atoms with Crippen LogP contribution in [0.4, 0.5) is 14.6 Å².